The third kappa shape index (κ3) is 3.05. The number of pyridine rings is 2. The zero-order chi connectivity index (χ0) is 15.4. The molecule has 2 aromatic carbocycles. The molecule has 0 bridgehead atoms. The van der Waals surface area contributed by atoms with Gasteiger partial charge in [-0.3, -0.25) is 9.97 Å². The van der Waals surface area contributed by atoms with Gasteiger partial charge in [-0.25, -0.2) is 0 Å². The predicted molar refractivity (Wildman–Crippen MR) is 97.2 cm³/mol. The molecule has 0 saturated carbocycles. The van der Waals surface area contributed by atoms with E-state index in [9.17, 15) is 0 Å². The van der Waals surface area contributed by atoms with E-state index in [0.29, 0.717) is 0 Å². The fourth-order valence-corrected chi connectivity index (χ4v) is 2.61. The number of benzene rings is 2. The van der Waals surface area contributed by atoms with Gasteiger partial charge in [0, 0.05) is 23.2 Å². The predicted octanol–water partition coefficient (Wildman–Crippen LogP) is 3.55. The minimum atomic E-state index is 0.739. The van der Waals surface area contributed by atoms with Gasteiger partial charge >= 0.3 is 0 Å². The van der Waals surface area contributed by atoms with Crippen LogP contribution in [0.3, 0.4) is 0 Å². The van der Waals surface area contributed by atoms with Crippen LogP contribution in [0.25, 0.3) is 21.8 Å². The molecule has 0 fully saturated rings. The van der Waals surface area contributed by atoms with Crippen LogP contribution in [-0.4, -0.2) is 9.97 Å². The van der Waals surface area contributed by atoms with E-state index in [1.807, 2.05) is 54.7 Å². The Morgan fingerprint density at radius 2 is 1.23 bits per heavy atom. The highest BCUT2D eigenvalue weighted by Gasteiger charge is 1.95. The molecule has 1 atom stereocenters. The van der Waals surface area contributed by atoms with Crippen molar-refractivity contribution in [1.29, 1.82) is 0 Å². The molecule has 2 heterocycles. The van der Waals surface area contributed by atoms with Crippen LogP contribution in [0.5, 0.6) is 0 Å². The minimum Gasteiger partial charge on any atom is -0.397 e. The number of nitrogen functional groups attached to an aromatic ring is 1. The van der Waals surface area contributed by atoms with Crippen LogP contribution in [0.4, 0.5) is 5.69 Å². The summed E-state index contributed by atoms with van der Waals surface area (Å²) < 4.78 is 0. The molecule has 0 radical (unpaired) electrons. The minimum absolute atomic E-state index is 0.739. The maximum Gasteiger partial charge on any atom is 0.0931 e. The third-order valence-corrected chi connectivity index (χ3v) is 3.79. The molecule has 0 aliphatic carbocycles. The van der Waals surface area contributed by atoms with E-state index >= 15 is 0 Å². The highest BCUT2D eigenvalue weighted by Crippen LogP contribution is 2.16. The van der Waals surface area contributed by atoms with Gasteiger partial charge < -0.3 is 5.73 Å². The summed E-state index contributed by atoms with van der Waals surface area (Å²) in [7, 11) is 2.68. The smallest absolute Gasteiger partial charge is 0.0931 e. The number of fused-ring (bicyclic) bond motifs is 2. The van der Waals surface area contributed by atoms with Gasteiger partial charge in [0.25, 0.3) is 0 Å². The Labute approximate surface area is 131 Å². The monoisotopic (exact) mass is 305 g/mol. The Hall–Kier alpha value is -2.51. The van der Waals surface area contributed by atoms with Crippen molar-refractivity contribution in [1.82, 2.24) is 9.97 Å². The lowest BCUT2D eigenvalue weighted by molar-refractivity contribution is 1.41. The fraction of sp³-hybridized carbons (Fsp3) is 0. The molecule has 2 N–H and O–H groups in total. The molecule has 1 unspecified atom stereocenters. The van der Waals surface area contributed by atoms with E-state index in [0.717, 1.165) is 27.4 Å². The van der Waals surface area contributed by atoms with Crippen molar-refractivity contribution >= 4 is 42.0 Å². The third-order valence-electron chi connectivity index (χ3n) is 3.33. The number of nitrogens with zero attached hydrogens (tertiary/aromatic N) is 2. The normalized spacial score (nSPS) is 10.2. The van der Waals surface area contributed by atoms with Crippen molar-refractivity contribution in [3.63, 3.8) is 0 Å². The maximum atomic E-state index is 5.69. The van der Waals surface area contributed by atoms with Gasteiger partial charge in [-0.2, -0.15) is 0 Å². The fourth-order valence-electron chi connectivity index (χ4n) is 2.26. The number of nitrogens with two attached hydrogens (primary N) is 1. The molecule has 108 valence electrons. The van der Waals surface area contributed by atoms with Gasteiger partial charge in [-0.1, -0.05) is 42.5 Å². The summed E-state index contributed by atoms with van der Waals surface area (Å²) in [4.78, 5) is 8.42. The second-order valence-corrected chi connectivity index (χ2v) is 5.47. The van der Waals surface area contributed by atoms with Gasteiger partial charge in [0.05, 0.1) is 16.7 Å². The number of hydrogen-bond donors (Lipinski definition) is 1. The number of para-hydroxylation sites is 2. The molecule has 3 nitrogen and oxygen atoms in total. The molecule has 4 aromatic rings. The Morgan fingerprint density at radius 3 is 1.86 bits per heavy atom. The average Bonchev–Trinajstić information content (AvgIpc) is 2.57. The van der Waals surface area contributed by atoms with Gasteiger partial charge in [0.15, 0.2) is 0 Å². The van der Waals surface area contributed by atoms with E-state index in [4.69, 9.17) is 5.73 Å². The zero-order valence-electron chi connectivity index (χ0n) is 12.0. The first-order valence-corrected chi connectivity index (χ1v) is 7.52. The van der Waals surface area contributed by atoms with Crippen LogP contribution >= 0.6 is 9.24 Å². The molecular formula is C18H16N3P. The highest BCUT2D eigenvalue weighted by molar-refractivity contribution is 7.28. The van der Waals surface area contributed by atoms with Crippen LogP contribution in [0.2, 0.25) is 0 Å². The Kier molecular flexibility index (Phi) is 4.27. The summed E-state index contributed by atoms with van der Waals surface area (Å²) in [5.74, 6) is 0. The second-order valence-electron chi connectivity index (χ2n) is 4.84. The number of anilines is 1. The molecule has 0 amide bonds. The first-order valence-electron chi connectivity index (χ1n) is 6.94. The molecule has 22 heavy (non-hydrogen) atoms. The topological polar surface area (TPSA) is 51.8 Å². The molecule has 0 aliphatic heterocycles. The van der Waals surface area contributed by atoms with Crippen molar-refractivity contribution in [2.75, 3.05) is 5.73 Å². The quantitative estimate of drug-likeness (QED) is 0.399. The van der Waals surface area contributed by atoms with E-state index in [2.05, 4.69) is 31.3 Å². The van der Waals surface area contributed by atoms with Crippen molar-refractivity contribution in [3.8, 4) is 0 Å². The van der Waals surface area contributed by atoms with Gasteiger partial charge in [0.1, 0.15) is 0 Å². The van der Waals surface area contributed by atoms with E-state index in [-0.39, 0.29) is 0 Å². The van der Waals surface area contributed by atoms with Gasteiger partial charge in [-0.05, 0) is 23.5 Å². The van der Waals surface area contributed by atoms with Crippen molar-refractivity contribution < 1.29 is 0 Å². The molecular weight excluding hydrogens is 289 g/mol. The van der Waals surface area contributed by atoms with Gasteiger partial charge in [-0.15, -0.1) is 9.24 Å². The van der Waals surface area contributed by atoms with E-state index in [1.54, 1.807) is 6.20 Å². The standard InChI is InChI=1S/C9H8N2.C9H8NP/c10-8-5-1-3-7-4-2-6-11-9(7)8;11-8-5-1-3-7-4-2-6-10-9(7)8/h1-6H,10H2;1-6H,11H2. The summed E-state index contributed by atoms with van der Waals surface area (Å²) in [6, 6.07) is 19.8. The Morgan fingerprint density at radius 1 is 0.682 bits per heavy atom. The van der Waals surface area contributed by atoms with Crippen LogP contribution in [0, 0.1) is 0 Å². The summed E-state index contributed by atoms with van der Waals surface area (Å²) >= 11 is 0. The van der Waals surface area contributed by atoms with Crippen molar-refractivity contribution in [2.45, 2.75) is 0 Å². The van der Waals surface area contributed by atoms with Gasteiger partial charge in [0.2, 0.25) is 0 Å². The molecule has 4 heteroatoms. The number of hydrogen-bond acceptors (Lipinski definition) is 3. The number of rotatable bonds is 0. The summed E-state index contributed by atoms with van der Waals surface area (Å²) in [5, 5.41) is 3.44. The molecule has 4 rings (SSSR count). The Balaban J connectivity index is 0.000000131. The highest BCUT2D eigenvalue weighted by atomic mass is 31.0. The molecule has 0 spiro atoms. The largest absolute Gasteiger partial charge is 0.397 e. The summed E-state index contributed by atoms with van der Waals surface area (Å²) in [5.41, 5.74) is 8.39. The number of aromatic nitrogens is 2. The van der Waals surface area contributed by atoms with Crippen LogP contribution < -0.4 is 11.0 Å². The van der Waals surface area contributed by atoms with E-state index in [1.165, 1.54) is 5.39 Å². The second kappa shape index (κ2) is 6.50. The average molecular weight is 305 g/mol. The lowest BCUT2D eigenvalue weighted by atomic mass is 10.2. The van der Waals surface area contributed by atoms with Crippen LogP contribution in [0.1, 0.15) is 0 Å². The zero-order valence-corrected chi connectivity index (χ0v) is 13.1. The van der Waals surface area contributed by atoms with E-state index < -0.39 is 0 Å². The summed E-state index contributed by atoms with van der Waals surface area (Å²) in [6.07, 6.45) is 3.56. The molecule has 2 aromatic heterocycles. The Bertz CT molecular complexity index is 834. The lowest BCUT2D eigenvalue weighted by Gasteiger charge is -1.97. The maximum absolute atomic E-state index is 5.69. The molecule has 0 saturated heterocycles. The van der Waals surface area contributed by atoms with Crippen LogP contribution in [0.15, 0.2) is 73.1 Å². The summed E-state index contributed by atoms with van der Waals surface area (Å²) in [6.45, 7) is 0. The first-order chi connectivity index (χ1) is 10.8. The SMILES string of the molecule is Nc1cccc2cccnc12.Pc1cccc2cccnc12. The van der Waals surface area contributed by atoms with Crippen molar-refractivity contribution in [2.24, 2.45) is 0 Å². The molecule has 0 aliphatic rings. The first kappa shape index (κ1) is 14.4. The lowest BCUT2D eigenvalue weighted by Crippen LogP contribution is -1.93. The van der Waals surface area contributed by atoms with Crippen molar-refractivity contribution in [3.05, 3.63) is 73.1 Å². The van der Waals surface area contributed by atoms with Crippen LogP contribution in [-0.2, 0) is 0 Å².